The Bertz CT molecular complexity index is 263. The normalized spacial score (nSPS) is 30.2. The van der Waals surface area contributed by atoms with Gasteiger partial charge in [-0.25, -0.2) is 0 Å². The highest BCUT2D eigenvalue weighted by molar-refractivity contribution is 5.03. The van der Waals surface area contributed by atoms with E-state index < -0.39 is 0 Å². The van der Waals surface area contributed by atoms with E-state index in [2.05, 4.69) is 33.0 Å². The number of aliphatic hydroxyl groups excluding tert-OH is 1. The second kappa shape index (κ2) is 4.24. The lowest BCUT2D eigenvalue weighted by atomic mass is 9.58. The fraction of sp³-hybridized carbons (Fsp3) is 1.00. The van der Waals surface area contributed by atoms with E-state index in [1.165, 1.54) is 19.3 Å². The van der Waals surface area contributed by atoms with Crippen LogP contribution in [-0.2, 0) is 0 Å². The van der Waals surface area contributed by atoms with Gasteiger partial charge in [0.2, 0.25) is 0 Å². The van der Waals surface area contributed by atoms with Crippen molar-refractivity contribution in [2.24, 2.45) is 16.7 Å². The van der Waals surface area contributed by atoms with Crippen LogP contribution in [0, 0.1) is 16.7 Å². The molecule has 0 heterocycles. The van der Waals surface area contributed by atoms with Gasteiger partial charge in [-0.2, -0.15) is 0 Å². The monoisotopic (exact) mass is 239 g/mol. The molecule has 0 aromatic rings. The topological polar surface area (TPSA) is 32.3 Å². The first-order valence-electron chi connectivity index (χ1n) is 7.12. The lowest BCUT2D eigenvalue weighted by Crippen LogP contribution is -2.57. The second-order valence-electron chi connectivity index (χ2n) is 8.12. The lowest BCUT2D eigenvalue weighted by Gasteiger charge is -2.52. The molecule has 100 valence electrons. The first-order valence-corrected chi connectivity index (χ1v) is 7.12. The van der Waals surface area contributed by atoms with Gasteiger partial charge in [0.15, 0.2) is 0 Å². The van der Waals surface area contributed by atoms with Crippen LogP contribution >= 0.6 is 0 Å². The molecule has 2 nitrogen and oxygen atoms in total. The molecule has 0 radical (unpaired) electrons. The largest absolute Gasteiger partial charge is 0.394 e. The van der Waals surface area contributed by atoms with Gasteiger partial charge in [0, 0.05) is 5.54 Å². The Balaban J connectivity index is 2.07. The molecular formula is C15H29NO. The average molecular weight is 239 g/mol. The summed E-state index contributed by atoms with van der Waals surface area (Å²) in [5.74, 6) is 0.881. The molecule has 2 aliphatic rings. The zero-order valence-corrected chi connectivity index (χ0v) is 12.0. The van der Waals surface area contributed by atoms with E-state index in [0.717, 1.165) is 25.3 Å². The quantitative estimate of drug-likeness (QED) is 0.790. The molecule has 0 amide bonds. The highest BCUT2D eigenvalue weighted by Crippen LogP contribution is 2.50. The summed E-state index contributed by atoms with van der Waals surface area (Å²) in [5, 5.41) is 13.6. The van der Waals surface area contributed by atoms with E-state index in [0.29, 0.717) is 10.8 Å². The van der Waals surface area contributed by atoms with Crippen LogP contribution in [0.1, 0.15) is 59.8 Å². The summed E-state index contributed by atoms with van der Waals surface area (Å²) in [4.78, 5) is 0. The Morgan fingerprint density at radius 3 is 1.94 bits per heavy atom. The molecule has 0 aromatic heterocycles. The predicted octanol–water partition coefficient (Wildman–Crippen LogP) is 2.95. The SMILES string of the molecule is CC1(C)CC(C)(C)CC(CO)(NCC2CC2)C1. The molecule has 2 saturated carbocycles. The molecule has 2 rings (SSSR count). The number of aliphatic hydroxyl groups is 1. The molecule has 2 fully saturated rings. The van der Waals surface area contributed by atoms with E-state index >= 15 is 0 Å². The molecule has 2 N–H and O–H groups in total. The van der Waals surface area contributed by atoms with Crippen molar-refractivity contribution in [2.75, 3.05) is 13.2 Å². The first-order chi connectivity index (χ1) is 7.76. The fourth-order valence-electron chi connectivity index (χ4n) is 4.29. The lowest BCUT2D eigenvalue weighted by molar-refractivity contribution is -0.00347. The van der Waals surface area contributed by atoms with Crippen LogP contribution in [0.15, 0.2) is 0 Å². The molecule has 0 saturated heterocycles. The van der Waals surface area contributed by atoms with Crippen LogP contribution < -0.4 is 5.32 Å². The van der Waals surface area contributed by atoms with Crippen molar-refractivity contribution in [2.45, 2.75) is 65.3 Å². The zero-order valence-electron chi connectivity index (χ0n) is 12.0. The summed E-state index contributed by atoms with van der Waals surface area (Å²) >= 11 is 0. The predicted molar refractivity (Wildman–Crippen MR) is 72.0 cm³/mol. The molecule has 17 heavy (non-hydrogen) atoms. The van der Waals surface area contributed by atoms with Crippen LogP contribution in [0.25, 0.3) is 0 Å². The van der Waals surface area contributed by atoms with Crippen molar-refractivity contribution < 1.29 is 5.11 Å². The van der Waals surface area contributed by atoms with E-state index in [-0.39, 0.29) is 12.1 Å². The average Bonchev–Trinajstić information content (AvgIpc) is 2.93. The number of hydrogen-bond donors (Lipinski definition) is 2. The zero-order chi connectivity index (χ0) is 12.7. The standard InChI is InChI=1S/C15H29NO/c1-13(2)8-14(3,4)10-15(9-13,11-17)16-7-12-5-6-12/h12,16-17H,5-11H2,1-4H3. The van der Waals surface area contributed by atoms with Crippen molar-refractivity contribution in [1.82, 2.24) is 5.32 Å². The summed E-state index contributed by atoms with van der Waals surface area (Å²) in [6, 6.07) is 0. The third kappa shape index (κ3) is 3.45. The first kappa shape index (κ1) is 13.4. The van der Waals surface area contributed by atoms with Gasteiger partial charge in [-0.05, 0) is 55.4 Å². The Morgan fingerprint density at radius 1 is 1.00 bits per heavy atom. The Labute approximate surface area is 106 Å². The van der Waals surface area contributed by atoms with Crippen molar-refractivity contribution in [3.05, 3.63) is 0 Å². The molecule has 0 aliphatic heterocycles. The summed E-state index contributed by atoms with van der Waals surface area (Å²) in [6.45, 7) is 10.8. The maximum Gasteiger partial charge on any atom is 0.0613 e. The molecule has 2 heteroatoms. The number of rotatable bonds is 4. The molecule has 0 spiro atoms. The minimum Gasteiger partial charge on any atom is -0.394 e. The van der Waals surface area contributed by atoms with Gasteiger partial charge in [-0.3, -0.25) is 0 Å². The molecule has 0 atom stereocenters. The van der Waals surface area contributed by atoms with E-state index in [9.17, 15) is 5.11 Å². The number of nitrogens with one attached hydrogen (secondary N) is 1. The smallest absolute Gasteiger partial charge is 0.0613 e. The highest BCUT2D eigenvalue weighted by atomic mass is 16.3. The molecule has 0 aromatic carbocycles. The van der Waals surface area contributed by atoms with Crippen LogP contribution in [0.2, 0.25) is 0 Å². The highest BCUT2D eigenvalue weighted by Gasteiger charge is 2.47. The third-order valence-corrected chi connectivity index (χ3v) is 4.36. The van der Waals surface area contributed by atoms with Crippen molar-refractivity contribution >= 4 is 0 Å². The van der Waals surface area contributed by atoms with E-state index in [1.807, 2.05) is 0 Å². The minimum atomic E-state index is -0.0339. The molecular weight excluding hydrogens is 210 g/mol. The van der Waals surface area contributed by atoms with Gasteiger partial charge in [-0.15, -0.1) is 0 Å². The minimum absolute atomic E-state index is 0.0339. The summed E-state index contributed by atoms with van der Waals surface area (Å²) in [5.41, 5.74) is 0.635. The number of hydrogen-bond acceptors (Lipinski definition) is 2. The third-order valence-electron chi connectivity index (χ3n) is 4.36. The molecule has 2 aliphatic carbocycles. The van der Waals surface area contributed by atoms with Gasteiger partial charge in [0.1, 0.15) is 0 Å². The van der Waals surface area contributed by atoms with E-state index in [4.69, 9.17) is 0 Å². The summed E-state index contributed by atoms with van der Waals surface area (Å²) in [6.07, 6.45) is 6.22. The Morgan fingerprint density at radius 2 is 1.53 bits per heavy atom. The fourth-order valence-corrected chi connectivity index (χ4v) is 4.29. The molecule has 0 unspecified atom stereocenters. The van der Waals surface area contributed by atoms with Gasteiger partial charge in [0.25, 0.3) is 0 Å². The maximum atomic E-state index is 9.88. The van der Waals surface area contributed by atoms with Crippen molar-refractivity contribution in [3.8, 4) is 0 Å². The van der Waals surface area contributed by atoms with Gasteiger partial charge >= 0.3 is 0 Å². The Hall–Kier alpha value is -0.0800. The molecule has 0 bridgehead atoms. The van der Waals surface area contributed by atoms with E-state index in [1.54, 1.807) is 0 Å². The van der Waals surface area contributed by atoms with Gasteiger partial charge in [-0.1, -0.05) is 27.7 Å². The van der Waals surface area contributed by atoms with Crippen molar-refractivity contribution in [1.29, 1.82) is 0 Å². The van der Waals surface area contributed by atoms with Crippen LogP contribution in [0.5, 0.6) is 0 Å². The van der Waals surface area contributed by atoms with Gasteiger partial charge < -0.3 is 10.4 Å². The van der Waals surface area contributed by atoms with Crippen molar-refractivity contribution in [3.63, 3.8) is 0 Å². The Kier molecular flexibility index (Phi) is 3.33. The van der Waals surface area contributed by atoms with Crippen LogP contribution in [0.4, 0.5) is 0 Å². The summed E-state index contributed by atoms with van der Waals surface area (Å²) < 4.78 is 0. The second-order valence-corrected chi connectivity index (χ2v) is 8.12. The van der Waals surface area contributed by atoms with Crippen LogP contribution in [0.3, 0.4) is 0 Å². The summed E-state index contributed by atoms with van der Waals surface area (Å²) in [7, 11) is 0. The maximum absolute atomic E-state index is 9.88. The van der Waals surface area contributed by atoms with Gasteiger partial charge in [0.05, 0.1) is 6.61 Å². The van der Waals surface area contributed by atoms with Crippen LogP contribution in [-0.4, -0.2) is 23.8 Å².